The van der Waals surface area contributed by atoms with Crippen LogP contribution in [0, 0.1) is 18.3 Å². The molecule has 0 fully saturated rings. The number of nitrogen functional groups attached to an aromatic ring is 1. The van der Waals surface area contributed by atoms with Crippen LogP contribution in [-0.2, 0) is 0 Å². The van der Waals surface area contributed by atoms with Gasteiger partial charge in [-0.25, -0.2) is 4.98 Å². The van der Waals surface area contributed by atoms with Crippen molar-refractivity contribution in [2.45, 2.75) is 6.92 Å². The highest BCUT2D eigenvalue weighted by molar-refractivity contribution is 6.30. The van der Waals surface area contributed by atoms with E-state index in [1.54, 1.807) is 31.2 Å². The van der Waals surface area contributed by atoms with Gasteiger partial charge in [-0.1, -0.05) is 11.6 Å². The number of aryl methyl sites for hydroxylation is 1. The van der Waals surface area contributed by atoms with Crippen LogP contribution in [0.4, 0.5) is 5.69 Å². The molecule has 0 spiro atoms. The van der Waals surface area contributed by atoms with E-state index in [0.717, 1.165) is 0 Å². The molecule has 0 aliphatic carbocycles. The molecule has 0 aliphatic heterocycles. The number of anilines is 1. The van der Waals surface area contributed by atoms with Crippen molar-refractivity contribution in [1.29, 1.82) is 5.26 Å². The van der Waals surface area contributed by atoms with E-state index in [9.17, 15) is 0 Å². The molecule has 90 valence electrons. The van der Waals surface area contributed by atoms with E-state index >= 15 is 0 Å². The zero-order valence-electron chi connectivity index (χ0n) is 9.51. The minimum Gasteiger partial charge on any atom is -0.422 e. The van der Waals surface area contributed by atoms with Crippen LogP contribution < -0.4 is 10.5 Å². The number of aromatic nitrogens is 2. The highest BCUT2D eigenvalue weighted by atomic mass is 35.5. The number of nitrogens with two attached hydrogens (primary N) is 1. The number of halogens is 1. The van der Waals surface area contributed by atoms with Crippen LogP contribution in [0.2, 0.25) is 5.02 Å². The zero-order valence-corrected chi connectivity index (χ0v) is 10.3. The Balaban J connectivity index is 2.37. The summed E-state index contributed by atoms with van der Waals surface area (Å²) in [5.41, 5.74) is 7.03. The van der Waals surface area contributed by atoms with Gasteiger partial charge in [-0.3, -0.25) is 0 Å². The monoisotopic (exact) mass is 260 g/mol. The Hall–Kier alpha value is -2.32. The largest absolute Gasteiger partial charge is 0.422 e. The highest BCUT2D eigenvalue weighted by Gasteiger charge is 2.07. The minimum atomic E-state index is 0.0699. The van der Waals surface area contributed by atoms with Crippen LogP contribution in [0.1, 0.15) is 11.4 Å². The first-order chi connectivity index (χ1) is 8.58. The molecular formula is C12H9ClN4O. The van der Waals surface area contributed by atoms with Crippen LogP contribution in [0.15, 0.2) is 24.3 Å². The predicted molar refractivity (Wildman–Crippen MR) is 67.4 cm³/mol. The molecule has 0 bridgehead atoms. The maximum atomic E-state index is 8.81. The third-order valence-electron chi connectivity index (χ3n) is 2.13. The van der Waals surface area contributed by atoms with E-state index in [1.807, 2.05) is 6.07 Å². The Labute approximate surface area is 109 Å². The molecule has 2 rings (SSSR count). The first-order valence-corrected chi connectivity index (χ1v) is 5.45. The molecule has 1 aromatic carbocycles. The highest BCUT2D eigenvalue weighted by Crippen LogP contribution is 2.28. The van der Waals surface area contributed by atoms with Gasteiger partial charge in [0.25, 0.3) is 0 Å². The number of hydrogen-bond donors (Lipinski definition) is 1. The summed E-state index contributed by atoms with van der Waals surface area (Å²) in [7, 11) is 0. The van der Waals surface area contributed by atoms with Crippen LogP contribution >= 0.6 is 11.6 Å². The second-order valence-corrected chi connectivity index (χ2v) is 4.01. The lowest BCUT2D eigenvalue weighted by Crippen LogP contribution is -1.98. The SMILES string of the molecule is Cc1cc(C#N)nc(Oc2cc(Cl)ccc2N)n1. The fourth-order valence-corrected chi connectivity index (χ4v) is 1.50. The van der Waals surface area contributed by atoms with Crippen molar-refractivity contribution in [2.75, 3.05) is 5.73 Å². The van der Waals surface area contributed by atoms with Gasteiger partial charge >= 0.3 is 6.01 Å². The Morgan fingerprint density at radius 2 is 2.11 bits per heavy atom. The summed E-state index contributed by atoms with van der Waals surface area (Å²) in [6, 6.07) is 8.41. The first kappa shape index (κ1) is 12.1. The third-order valence-corrected chi connectivity index (χ3v) is 2.36. The van der Waals surface area contributed by atoms with Gasteiger partial charge in [-0.05, 0) is 25.1 Å². The molecule has 5 nitrogen and oxygen atoms in total. The first-order valence-electron chi connectivity index (χ1n) is 5.07. The fourth-order valence-electron chi connectivity index (χ4n) is 1.34. The van der Waals surface area contributed by atoms with Crippen molar-refractivity contribution in [3.63, 3.8) is 0 Å². The van der Waals surface area contributed by atoms with E-state index in [-0.39, 0.29) is 11.7 Å². The number of nitrogens with zero attached hydrogens (tertiary/aromatic N) is 3. The van der Waals surface area contributed by atoms with Crippen molar-refractivity contribution in [2.24, 2.45) is 0 Å². The van der Waals surface area contributed by atoms with E-state index < -0.39 is 0 Å². The number of nitriles is 1. The molecule has 1 aromatic heterocycles. The van der Waals surface area contributed by atoms with Gasteiger partial charge in [-0.15, -0.1) is 0 Å². The maximum Gasteiger partial charge on any atom is 0.323 e. The predicted octanol–water partition coefficient (Wildman–Crippen LogP) is 2.68. The van der Waals surface area contributed by atoms with Gasteiger partial charge in [0.15, 0.2) is 5.75 Å². The van der Waals surface area contributed by atoms with Crippen LogP contribution in [-0.4, -0.2) is 9.97 Å². The molecule has 2 N–H and O–H groups in total. The Morgan fingerprint density at radius 1 is 1.33 bits per heavy atom. The molecule has 0 saturated heterocycles. The zero-order chi connectivity index (χ0) is 13.1. The van der Waals surface area contributed by atoms with Gasteiger partial charge in [0.05, 0.1) is 5.69 Å². The molecule has 0 amide bonds. The number of ether oxygens (including phenoxy) is 1. The van der Waals surface area contributed by atoms with Crippen LogP contribution in [0.5, 0.6) is 11.8 Å². The molecule has 6 heteroatoms. The van der Waals surface area contributed by atoms with Crippen molar-refractivity contribution >= 4 is 17.3 Å². The summed E-state index contributed by atoms with van der Waals surface area (Å²) in [6.07, 6.45) is 0. The van der Waals surface area contributed by atoms with Crippen molar-refractivity contribution in [3.05, 3.63) is 40.7 Å². The Kier molecular flexibility index (Phi) is 3.31. The summed E-state index contributed by atoms with van der Waals surface area (Å²) < 4.78 is 5.43. The number of hydrogen-bond acceptors (Lipinski definition) is 5. The summed E-state index contributed by atoms with van der Waals surface area (Å²) >= 11 is 5.84. The van der Waals surface area contributed by atoms with E-state index in [0.29, 0.717) is 22.2 Å². The molecule has 0 radical (unpaired) electrons. The topological polar surface area (TPSA) is 84.8 Å². The smallest absolute Gasteiger partial charge is 0.323 e. The van der Waals surface area contributed by atoms with Gasteiger partial charge in [0.1, 0.15) is 11.8 Å². The lowest BCUT2D eigenvalue weighted by molar-refractivity contribution is 0.442. The van der Waals surface area contributed by atoms with Gasteiger partial charge in [0.2, 0.25) is 0 Å². The number of rotatable bonds is 2. The minimum absolute atomic E-state index is 0.0699. The standard InChI is InChI=1S/C12H9ClN4O/c1-7-4-9(6-14)17-12(16-7)18-11-5-8(13)2-3-10(11)15/h2-5H,15H2,1H3. The third kappa shape index (κ3) is 2.67. The summed E-state index contributed by atoms with van der Waals surface area (Å²) in [5.74, 6) is 0.358. The summed E-state index contributed by atoms with van der Waals surface area (Å²) in [5, 5.41) is 9.30. The molecule has 1 heterocycles. The second-order valence-electron chi connectivity index (χ2n) is 3.57. The van der Waals surface area contributed by atoms with E-state index in [4.69, 9.17) is 27.3 Å². The number of benzene rings is 1. The van der Waals surface area contributed by atoms with Crippen LogP contribution in [0.25, 0.3) is 0 Å². The summed E-state index contributed by atoms with van der Waals surface area (Å²) in [4.78, 5) is 7.99. The van der Waals surface area contributed by atoms with Gasteiger partial charge in [-0.2, -0.15) is 10.2 Å². The molecule has 0 atom stereocenters. The molecule has 2 aromatic rings. The fraction of sp³-hybridized carbons (Fsp3) is 0.0833. The van der Waals surface area contributed by atoms with E-state index in [2.05, 4.69) is 9.97 Å². The van der Waals surface area contributed by atoms with Crippen molar-refractivity contribution in [1.82, 2.24) is 9.97 Å². The Morgan fingerprint density at radius 3 is 2.83 bits per heavy atom. The van der Waals surface area contributed by atoms with Crippen molar-refractivity contribution < 1.29 is 4.74 Å². The summed E-state index contributed by atoms with van der Waals surface area (Å²) in [6.45, 7) is 1.75. The molecule has 0 aliphatic rings. The van der Waals surface area contributed by atoms with Gasteiger partial charge < -0.3 is 10.5 Å². The lowest BCUT2D eigenvalue weighted by atomic mass is 10.3. The maximum absolute atomic E-state index is 8.81. The lowest BCUT2D eigenvalue weighted by Gasteiger charge is -2.07. The normalized spacial score (nSPS) is 9.83. The molecular weight excluding hydrogens is 252 g/mol. The molecule has 0 saturated carbocycles. The van der Waals surface area contributed by atoms with Crippen LogP contribution in [0.3, 0.4) is 0 Å². The van der Waals surface area contributed by atoms with Gasteiger partial charge in [0, 0.05) is 16.8 Å². The Bertz CT molecular complexity index is 636. The van der Waals surface area contributed by atoms with Crippen molar-refractivity contribution in [3.8, 4) is 17.8 Å². The average Bonchev–Trinajstić information content (AvgIpc) is 2.33. The molecule has 18 heavy (non-hydrogen) atoms. The van der Waals surface area contributed by atoms with E-state index in [1.165, 1.54) is 0 Å². The second kappa shape index (κ2) is 4.90. The molecule has 0 unspecified atom stereocenters. The average molecular weight is 261 g/mol. The quantitative estimate of drug-likeness (QED) is 0.839.